The zero-order chi connectivity index (χ0) is 16.9. The fourth-order valence-corrected chi connectivity index (χ4v) is 3.48. The van der Waals surface area contributed by atoms with Gasteiger partial charge in [0.2, 0.25) is 10.0 Å². The van der Waals surface area contributed by atoms with Gasteiger partial charge in [-0.05, 0) is 18.2 Å². The van der Waals surface area contributed by atoms with Crippen LogP contribution in [0.3, 0.4) is 0 Å². The highest BCUT2D eigenvalue weighted by atomic mass is 32.2. The van der Waals surface area contributed by atoms with Crippen molar-refractivity contribution in [1.82, 2.24) is 10.0 Å². The first-order valence-corrected chi connectivity index (χ1v) is 9.55. The number of thiophene rings is 1. The van der Waals surface area contributed by atoms with Crippen molar-refractivity contribution in [3.63, 3.8) is 0 Å². The first-order chi connectivity index (χ1) is 10.9. The Labute approximate surface area is 138 Å². The predicted octanol–water partition coefficient (Wildman–Crippen LogP) is 1.96. The third-order valence-electron chi connectivity index (χ3n) is 2.99. The second-order valence-electron chi connectivity index (χ2n) is 4.88. The Kier molecular flexibility index (Phi) is 5.83. The summed E-state index contributed by atoms with van der Waals surface area (Å²) in [5, 5.41) is 14.2. The molecule has 2 aromatic rings. The lowest BCUT2D eigenvalue weighted by Gasteiger charge is -2.03. The molecule has 23 heavy (non-hydrogen) atoms. The van der Waals surface area contributed by atoms with Gasteiger partial charge >= 0.3 is 0 Å². The van der Waals surface area contributed by atoms with Crippen molar-refractivity contribution in [2.24, 2.45) is 0 Å². The standard InChI is InChI=1S/C14H17N3O4S2/c1-23(20,21)16-9-8-15-10-11-6-7-14(22-11)12-4-2-3-5-13(12)17(18)19/h2-7,15-16H,8-10H2,1H3. The lowest BCUT2D eigenvalue weighted by atomic mass is 10.1. The summed E-state index contributed by atoms with van der Waals surface area (Å²) in [6, 6.07) is 10.4. The summed E-state index contributed by atoms with van der Waals surface area (Å²) in [6.45, 7) is 1.41. The van der Waals surface area contributed by atoms with Gasteiger partial charge in [-0.25, -0.2) is 13.1 Å². The average molecular weight is 355 g/mol. The monoisotopic (exact) mass is 355 g/mol. The van der Waals surface area contributed by atoms with Crippen LogP contribution in [0.4, 0.5) is 5.69 Å². The van der Waals surface area contributed by atoms with Crippen LogP contribution in [0.1, 0.15) is 4.88 Å². The number of nitro groups is 1. The highest BCUT2D eigenvalue weighted by molar-refractivity contribution is 7.88. The largest absolute Gasteiger partial charge is 0.311 e. The van der Waals surface area contributed by atoms with Crippen LogP contribution < -0.4 is 10.0 Å². The van der Waals surface area contributed by atoms with E-state index in [0.29, 0.717) is 25.2 Å². The Hall–Kier alpha value is -1.81. The topological polar surface area (TPSA) is 101 Å². The minimum atomic E-state index is -3.17. The lowest BCUT2D eigenvalue weighted by Crippen LogP contribution is -2.30. The van der Waals surface area contributed by atoms with Crippen molar-refractivity contribution < 1.29 is 13.3 Å². The van der Waals surface area contributed by atoms with Gasteiger partial charge in [0.25, 0.3) is 5.69 Å². The van der Waals surface area contributed by atoms with Gasteiger partial charge in [0, 0.05) is 35.5 Å². The van der Waals surface area contributed by atoms with Gasteiger partial charge in [0.1, 0.15) is 0 Å². The smallest absolute Gasteiger partial charge is 0.278 e. The zero-order valence-electron chi connectivity index (χ0n) is 12.5. The Balaban J connectivity index is 1.95. The van der Waals surface area contributed by atoms with Crippen molar-refractivity contribution in [1.29, 1.82) is 0 Å². The molecule has 9 heteroatoms. The molecular formula is C14H17N3O4S2. The molecule has 1 aromatic heterocycles. The fourth-order valence-electron chi connectivity index (χ4n) is 2.00. The van der Waals surface area contributed by atoms with Gasteiger partial charge in [-0.3, -0.25) is 10.1 Å². The van der Waals surface area contributed by atoms with E-state index in [1.54, 1.807) is 18.2 Å². The van der Waals surface area contributed by atoms with Crippen LogP contribution >= 0.6 is 11.3 Å². The zero-order valence-corrected chi connectivity index (χ0v) is 14.1. The average Bonchev–Trinajstić information content (AvgIpc) is 2.94. The summed E-state index contributed by atoms with van der Waals surface area (Å²) in [5.41, 5.74) is 0.693. The summed E-state index contributed by atoms with van der Waals surface area (Å²) < 4.78 is 24.2. The van der Waals surface area contributed by atoms with E-state index in [1.807, 2.05) is 12.1 Å². The van der Waals surface area contributed by atoms with Crippen LogP contribution in [-0.4, -0.2) is 32.7 Å². The normalized spacial score (nSPS) is 11.5. The van der Waals surface area contributed by atoms with Crippen molar-refractivity contribution in [3.05, 3.63) is 51.4 Å². The predicted molar refractivity (Wildman–Crippen MR) is 91.0 cm³/mol. The van der Waals surface area contributed by atoms with E-state index < -0.39 is 10.0 Å². The van der Waals surface area contributed by atoms with Gasteiger partial charge in [-0.15, -0.1) is 11.3 Å². The molecule has 0 saturated carbocycles. The second-order valence-corrected chi connectivity index (χ2v) is 7.88. The minimum Gasteiger partial charge on any atom is -0.311 e. The molecule has 0 amide bonds. The van der Waals surface area contributed by atoms with Gasteiger partial charge < -0.3 is 5.32 Å². The lowest BCUT2D eigenvalue weighted by molar-refractivity contribution is -0.384. The Morgan fingerprint density at radius 3 is 2.61 bits per heavy atom. The first-order valence-electron chi connectivity index (χ1n) is 6.84. The number of nitrogens with zero attached hydrogens (tertiary/aromatic N) is 1. The summed E-state index contributed by atoms with van der Waals surface area (Å²) in [6.07, 6.45) is 1.12. The maximum atomic E-state index is 11.1. The molecule has 124 valence electrons. The van der Waals surface area contributed by atoms with Gasteiger partial charge in [-0.2, -0.15) is 0 Å². The van der Waals surface area contributed by atoms with Crippen molar-refractivity contribution in [2.75, 3.05) is 19.3 Å². The molecule has 0 aliphatic carbocycles. The van der Waals surface area contributed by atoms with Crippen LogP contribution in [0.25, 0.3) is 10.4 Å². The van der Waals surface area contributed by atoms with E-state index in [-0.39, 0.29) is 10.6 Å². The van der Waals surface area contributed by atoms with Crippen LogP contribution in [0.2, 0.25) is 0 Å². The molecule has 0 radical (unpaired) electrons. The summed E-state index contributed by atoms with van der Waals surface area (Å²) in [5.74, 6) is 0. The maximum absolute atomic E-state index is 11.1. The number of nitrogens with one attached hydrogen (secondary N) is 2. The summed E-state index contributed by atoms with van der Waals surface area (Å²) >= 11 is 1.48. The van der Waals surface area contributed by atoms with E-state index >= 15 is 0 Å². The number of nitro benzene ring substituents is 1. The van der Waals surface area contributed by atoms with E-state index in [2.05, 4.69) is 10.0 Å². The van der Waals surface area contributed by atoms with E-state index in [0.717, 1.165) is 16.0 Å². The molecule has 0 atom stereocenters. The third-order valence-corrected chi connectivity index (χ3v) is 4.84. The van der Waals surface area contributed by atoms with E-state index in [4.69, 9.17) is 0 Å². The summed E-state index contributed by atoms with van der Waals surface area (Å²) in [7, 11) is -3.17. The molecule has 2 N–H and O–H groups in total. The number of para-hydroxylation sites is 1. The number of rotatable bonds is 8. The Bertz CT molecular complexity index is 787. The van der Waals surface area contributed by atoms with Gasteiger partial charge in [0.15, 0.2) is 0 Å². The van der Waals surface area contributed by atoms with Crippen LogP contribution in [0.5, 0.6) is 0 Å². The molecule has 1 aromatic carbocycles. The molecule has 0 fully saturated rings. The van der Waals surface area contributed by atoms with Crippen molar-refractivity contribution >= 4 is 27.0 Å². The van der Waals surface area contributed by atoms with E-state index in [9.17, 15) is 18.5 Å². The molecule has 1 heterocycles. The first kappa shape index (κ1) is 17.5. The molecule has 0 unspecified atom stereocenters. The van der Waals surface area contributed by atoms with Crippen molar-refractivity contribution in [2.45, 2.75) is 6.54 Å². The highest BCUT2D eigenvalue weighted by Crippen LogP contribution is 2.34. The van der Waals surface area contributed by atoms with Gasteiger partial charge in [-0.1, -0.05) is 12.1 Å². The maximum Gasteiger partial charge on any atom is 0.278 e. The van der Waals surface area contributed by atoms with Crippen LogP contribution in [-0.2, 0) is 16.6 Å². The Morgan fingerprint density at radius 1 is 1.17 bits per heavy atom. The molecule has 0 bridgehead atoms. The van der Waals surface area contributed by atoms with Crippen LogP contribution in [0.15, 0.2) is 36.4 Å². The number of hydrogen-bond donors (Lipinski definition) is 2. The quantitative estimate of drug-likeness (QED) is 0.428. The van der Waals surface area contributed by atoms with Crippen LogP contribution in [0, 0.1) is 10.1 Å². The summed E-state index contributed by atoms with van der Waals surface area (Å²) in [4.78, 5) is 12.5. The number of sulfonamides is 1. The highest BCUT2D eigenvalue weighted by Gasteiger charge is 2.15. The number of benzene rings is 1. The fraction of sp³-hybridized carbons (Fsp3) is 0.286. The third kappa shape index (κ3) is 5.39. The molecule has 0 aliphatic heterocycles. The SMILES string of the molecule is CS(=O)(=O)NCCNCc1ccc(-c2ccccc2[N+](=O)[O-])s1. The van der Waals surface area contributed by atoms with E-state index in [1.165, 1.54) is 17.4 Å². The molecular weight excluding hydrogens is 338 g/mol. The molecule has 0 saturated heterocycles. The molecule has 2 rings (SSSR count). The molecule has 0 aliphatic rings. The number of hydrogen-bond acceptors (Lipinski definition) is 6. The van der Waals surface area contributed by atoms with Gasteiger partial charge in [0.05, 0.1) is 16.7 Å². The second kappa shape index (κ2) is 7.64. The molecule has 7 nitrogen and oxygen atoms in total. The van der Waals surface area contributed by atoms with Crippen molar-refractivity contribution in [3.8, 4) is 10.4 Å². The molecule has 0 spiro atoms. The Morgan fingerprint density at radius 2 is 1.91 bits per heavy atom. The minimum absolute atomic E-state index is 0.0891.